The molecule has 0 aliphatic carbocycles. The second kappa shape index (κ2) is 4.96. The van der Waals surface area contributed by atoms with Crippen molar-refractivity contribution in [2.24, 2.45) is 0 Å². The number of piperidine rings is 1. The fraction of sp³-hybridized carbons (Fsp3) is 0.500. The molecule has 2 aliphatic rings. The second-order valence-corrected chi connectivity index (χ2v) is 5.14. The van der Waals surface area contributed by atoms with Crippen molar-refractivity contribution in [3.8, 4) is 11.5 Å². The number of rotatable bonds is 1. The summed E-state index contributed by atoms with van der Waals surface area (Å²) in [5, 5.41) is 18.8. The van der Waals surface area contributed by atoms with Gasteiger partial charge in [-0.1, -0.05) is 0 Å². The molecule has 0 aromatic heterocycles. The first kappa shape index (κ1) is 13.2. The predicted octanol–water partition coefficient (Wildman–Crippen LogP) is 1.08. The van der Waals surface area contributed by atoms with Crippen LogP contribution in [0.1, 0.15) is 23.2 Å². The van der Waals surface area contributed by atoms with Gasteiger partial charge in [0.1, 0.15) is 0 Å². The first-order chi connectivity index (χ1) is 9.60. The summed E-state index contributed by atoms with van der Waals surface area (Å²) in [6, 6.07) is 4.08. The number of benzene rings is 1. The van der Waals surface area contributed by atoms with Crippen LogP contribution >= 0.6 is 0 Å². The van der Waals surface area contributed by atoms with Crippen LogP contribution in [-0.4, -0.2) is 53.1 Å². The zero-order valence-electron chi connectivity index (χ0n) is 11.0. The Kier molecular flexibility index (Phi) is 3.27. The highest BCUT2D eigenvalue weighted by Gasteiger charge is 2.42. The predicted molar refractivity (Wildman–Crippen MR) is 69.5 cm³/mol. The molecular weight excluding hydrogens is 262 g/mol. The van der Waals surface area contributed by atoms with E-state index < -0.39 is 5.79 Å². The van der Waals surface area contributed by atoms with E-state index in [1.807, 2.05) is 0 Å². The summed E-state index contributed by atoms with van der Waals surface area (Å²) in [6.07, 6.45) is 1.60. The molecule has 0 atom stereocenters. The van der Waals surface area contributed by atoms with E-state index in [2.05, 4.69) is 0 Å². The molecule has 2 aliphatic heterocycles. The van der Waals surface area contributed by atoms with Gasteiger partial charge in [-0.2, -0.15) is 0 Å². The molecule has 6 nitrogen and oxygen atoms in total. The summed E-state index contributed by atoms with van der Waals surface area (Å²) in [5.74, 6) is -1.39. The number of nitrogens with zero attached hydrogens (tertiary/aromatic N) is 1. The third-order valence-electron chi connectivity index (χ3n) is 3.74. The zero-order valence-corrected chi connectivity index (χ0v) is 11.0. The van der Waals surface area contributed by atoms with Gasteiger partial charge in [0.25, 0.3) is 5.91 Å². The molecule has 1 spiro atoms. The zero-order chi connectivity index (χ0) is 14.2. The van der Waals surface area contributed by atoms with E-state index in [-0.39, 0.29) is 17.4 Å². The van der Waals surface area contributed by atoms with Crippen LogP contribution in [0, 0.1) is 0 Å². The Bertz CT molecular complexity index is 524. The maximum Gasteiger partial charge on any atom is 0.254 e. The van der Waals surface area contributed by atoms with Crippen molar-refractivity contribution < 1.29 is 24.5 Å². The van der Waals surface area contributed by atoms with Crippen molar-refractivity contribution in [3.05, 3.63) is 23.8 Å². The third kappa shape index (κ3) is 2.32. The lowest BCUT2D eigenvalue weighted by molar-refractivity contribution is -0.183. The first-order valence-corrected chi connectivity index (χ1v) is 6.69. The summed E-state index contributed by atoms with van der Waals surface area (Å²) < 4.78 is 11.3. The number of carbonyl (C=O) groups excluding carboxylic acids is 1. The average Bonchev–Trinajstić information content (AvgIpc) is 2.89. The Labute approximate surface area is 116 Å². The van der Waals surface area contributed by atoms with E-state index in [9.17, 15) is 15.0 Å². The molecule has 2 heterocycles. The van der Waals surface area contributed by atoms with Crippen LogP contribution in [0.25, 0.3) is 0 Å². The summed E-state index contributed by atoms with van der Waals surface area (Å²) in [6.45, 7) is 2.15. The second-order valence-electron chi connectivity index (χ2n) is 5.14. The monoisotopic (exact) mass is 279 g/mol. The van der Waals surface area contributed by atoms with Gasteiger partial charge >= 0.3 is 0 Å². The number of aromatic hydroxyl groups is 2. The van der Waals surface area contributed by atoms with Crippen LogP contribution in [0.2, 0.25) is 0 Å². The molecule has 1 aromatic carbocycles. The molecule has 1 amide bonds. The highest BCUT2D eigenvalue weighted by atomic mass is 16.7. The van der Waals surface area contributed by atoms with E-state index in [1.54, 1.807) is 4.90 Å². The molecule has 20 heavy (non-hydrogen) atoms. The van der Waals surface area contributed by atoms with E-state index >= 15 is 0 Å². The number of amides is 1. The van der Waals surface area contributed by atoms with Crippen molar-refractivity contribution in [1.29, 1.82) is 0 Å². The molecule has 2 saturated heterocycles. The fourth-order valence-electron chi connectivity index (χ4n) is 2.73. The lowest BCUT2D eigenvalue weighted by Crippen LogP contribution is -2.51. The number of ether oxygens (including phenoxy) is 2. The van der Waals surface area contributed by atoms with Gasteiger partial charge in [0.05, 0.1) is 19.8 Å². The van der Waals surface area contributed by atoms with Gasteiger partial charge in [-0.25, -0.2) is 0 Å². The molecule has 6 heteroatoms. The topological polar surface area (TPSA) is 79.2 Å². The van der Waals surface area contributed by atoms with Crippen LogP contribution < -0.4 is 0 Å². The van der Waals surface area contributed by atoms with Crippen molar-refractivity contribution in [2.75, 3.05) is 26.3 Å². The minimum Gasteiger partial charge on any atom is -0.504 e. The molecular formula is C14H17NO5. The SMILES string of the molecule is O=C(c1ccc(O)c(O)c1)N1CCCC2(C1)OCCO2. The largest absolute Gasteiger partial charge is 0.504 e. The molecule has 0 bridgehead atoms. The standard InChI is InChI=1S/C14H17NO5/c16-11-3-2-10(8-12(11)17)13(18)15-5-1-4-14(9-15)19-6-7-20-14/h2-3,8,16-17H,1,4-7,9H2. The Balaban J connectivity index is 1.77. The normalized spacial score (nSPS) is 21.3. The average molecular weight is 279 g/mol. The molecule has 0 unspecified atom stereocenters. The quantitative estimate of drug-likeness (QED) is 0.752. The van der Waals surface area contributed by atoms with Gasteiger partial charge in [0.15, 0.2) is 17.3 Å². The van der Waals surface area contributed by atoms with Gasteiger partial charge in [-0.05, 0) is 24.6 Å². The Morgan fingerprint density at radius 1 is 1.20 bits per heavy atom. The lowest BCUT2D eigenvalue weighted by atomic mass is 10.0. The number of phenolic OH excluding ortho intramolecular Hbond substituents is 2. The minimum atomic E-state index is -0.660. The molecule has 3 rings (SSSR count). The van der Waals surface area contributed by atoms with Crippen LogP contribution in [0.3, 0.4) is 0 Å². The molecule has 108 valence electrons. The summed E-state index contributed by atoms with van der Waals surface area (Å²) in [7, 11) is 0. The first-order valence-electron chi connectivity index (χ1n) is 6.69. The number of hydrogen-bond donors (Lipinski definition) is 2. The molecule has 1 aromatic rings. The fourth-order valence-corrected chi connectivity index (χ4v) is 2.73. The molecule has 2 N–H and O–H groups in total. The van der Waals surface area contributed by atoms with Gasteiger partial charge in [0, 0.05) is 18.5 Å². The Morgan fingerprint density at radius 2 is 1.95 bits per heavy atom. The van der Waals surface area contributed by atoms with E-state index in [1.165, 1.54) is 18.2 Å². The van der Waals surface area contributed by atoms with E-state index in [0.29, 0.717) is 31.9 Å². The van der Waals surface area contributed by atoms with Crippen LogP contribution in [0.4, 0.5) is 0 Å². The number of phenols is 2. The molecule has 2 fully saturated rings. The maximum absolute atomic E-state index is 12.4. The van der Waals surface area contributed by atoms with Crippen molar-refractivity contribution in [2.45, 2.75) is 18.6 Å². The highest BCUT2D eigenvalue weighted by molar-refractivity contribution is 5.95. The van der Waals surface area contributed by atoms with E-state index in [4.69, 9.17) is 9.47 Å². The minimum absolute atomic E-state index is 0.196. The maximum atomic E-state index is 12.4. The van der Waals surface area contributed by atoms with Gasteiger partial charge in [-0.15, -0.1) is 0 Å². The van der Waals surface area contributed by atoms with Crippen LogP contribution in [-0.2, 0) is 9.47 Å². The third-order valence-corrected chi connectivity index (χ3v) is 3.74. The van der Waals surface area contributed by atoms with Gasteiger partial charge in [0.2, 0.25) is 0 Å². The number of likely N-dealkylation sites (tertiary alicyclic amines) is 1. The summed E-state index contributed by atoms with van der Waals surface area (Å²) in [4.78, 5) is 14.1. The molecule has 0 saturated carbocycles. The van der Waals surface area contributed by atoms with Gasteiger partial charge in [-0.3, -0.25) is 4.79 Å². The summed E-state index contributed by atoms with van der Waals surface area (Å²) >= 11 is 0. The van der Waals surface area contributed by atoms with Gasteiger partial charge < -0.3 is 24.6 Å². The lowest BCUT2D eigenvalue weighted by Gasteiger charge is -2.38. The number of carbonyl (C=O) groups is 1. The Morgan fingerprint density at radius 3 is 2.65 bits per heavy atom. The molecule has 0 radical (unpaired) electrons. The Hall–Kier alpha value is -1.79. The van der Waals surface area contributed by atoms with Crippen LogP contribution in [0.5, 0.6) is 11.5 Å². The van der Waals surface area contributed by atoms with E-state index in [0.717, 1.165) is 12.8 Å². The van der Waals surface area contributed by atoms with Crippen molar-refractivity contribution in [3.63, 3.8) is 0 Å². The smallest absolute Gasteiger partial charge is 0.254 e. The van der Waals surface area contributed by atoms with Crippen molar-refractivity contribution >= 4 is 5.91 Å². The summed E-state index contributed by atoms with van der Waals surface area (Å²) in [5.41, 5.74) is 0.343. The van der Waals surface area contributed by atoms with Crippen LogP contribution in [0.15, 0.2) is 18.2 Å². The number of hydrogen-bond acceptors (Lipinski definition) is 5. The highest BCUT2D eigenvalue weighted by Crippen LogP contribution is 2.31. The van der Waals surface area contributed by atoms with Crippen molar-refractivity contribution in [1.82, 2.24) is 4.90 Å².